The molecule has 2 aromatic carbocycles. The van der Waals surface area contributed by atoms with Crippen molar-refractivity contribution in [3.05, 3.63) is 65.2 Å². The Hall–Kier alpha value is -2.12. The molecular formula is C23H32ClN3O3. The van der Waals surface area contributed by atoms with Crippen LogP contribution in [0.4, 0.5) is 10.5 Å². The third-order valence-electron chi connectivity index (χ3n) is 4.61. The molecule has 0 unspecified atom stereocenters. The van der Waals surface area contributed by atoms with Gasteiger partial charge >= 0.3 is 6.03 Å². The molecule has 0 radical (unpaired) electrons. The lowest BCUT2D eigenvalue weighted by molar-refractivity contribution is 0.0571. The highest BCUT2D eigenvalue weighted by Gasteiger charge is 2.08. The van der Waals surface area contributed by atoms with E-state index in [1.807, 2.05) is 48.5 Å². The van der Waals surface area contributed by atoms with Crippen LogP contribution in [0.3, 0.4) is 0 Å². The number of urea groups is 1. The smallest absolute Gasteiger partial charge is 0.319 e. The van der Waals surface area contributed by atoms with Gasteiger partial charge < -0.3 is 25.0 Å². The molecule has 30 heavy (non-hydrogen) atoms. The van der Waals surface area contributed by atoms with Gasteiger partial charge in [0.2, 0.25) is 0 Å². The molecular weight excluding hydrogens is 402 g/mol. The SMILES string of the molecule is COCCOCCN(CCCNC(=O)Nc1ccccc1)CCc1ccccc1Cl. The highest BCUT2D eigenvalue weighted by atomic mass is 35.5. The van der Waals surface area contributed by atoms with Crippen molar-refractivity contribution in [1.29, 1.82) is 0 Å². The predicted molar refractivity (Wildman–Crippen MR) is 122 cm³/mol. The molecule has 0 aliphatic rings. The standard InChI is InChI=1S/C23H32ClN3O3/c1-29-18-19-30-17-16-27(15-12-20-8-5-6-11-22(20)24)14-7-13-25-23(28)26-21-9-3-2-4-10-21/h2-6,8-11H,7,12-19H2,1H3,(H2,25,26,28). The molecule has 0 atom stereocenters. The van der Waals surface area contributed by atoms with Crippen LogP contribution in [0, 0.1) is 0 Å². The fraction of sp³-hybridized carbons (Fsp3) is 0.435. The molecule has 2 aromatic rings. The monoisotopic (exact) mass is 433 g/mol. The average Bonchev–Trinajstić information content (AvgIpc) is 2.76. The zero-order valence-electron chi connectivity index (χ0n) is 17.6. The highest BCUT2D eigenvalue weighted by Crippen LogP contribution is 2.15. The van der Waals surface area contributed by atoms with E-state index < -0.39 is 0 Å². The van der Waals surface area contributed by atoms with Gasteiger partial charge in [0.1, 0.15) is 0 Å². The summed E-state index contributed by atoms with van der Waals surface area (Å²) in [6, 6.07) is 17.2. The highest BCUT2D eigenvalue weighted by molar-refractivity contribution is 6.31. The molecule has 0 aliphatic carbocycles. The Balaban J connectivity index is 1.72. The molecule has 0 spiro atoms. The lowest BCUT2D eigenvalue weighted by atomic mass is 10.1. The van der Waals surface area contributed by atoms with Gasteiger partial charge in [-0.3, -0.25) is 0 Å². The van der Waals surface area contributed by atoms with Gasteiger partial charge in [0.15, 0.2) is 0 Å². The maximum absolute atomic E-state index is 12.0. The van der Waals surface area contributed by atoms with E-state index in [-0.39, 0.29) is 6.03 Å². The summed E-state index contributed by atoms with van der Waals surface area (Å²) < 4.78 is 10.6. The van der Waals surface area contributed by atoms with Gasteiger partial charge in [-0.1, -0.05) is 48.0 Å². The number of halogens is 1. The number of hydrogen-bond donors (Lipinski definition) is 2. The van der Waals surface area contributed by atoms with Crippen molar-refractivity contribution in [3.63, 3.8) is 0 Å². The molecule has 7 heteroatoms. The quantitative estimate of drug-likeness (QED) is 0.441. The van der Waals surface area contributed by atoms with Crippen molar-refractivity contribution in [2.75, 3.05) is 58.4 Å². The zero-order chi connectivity index (χ0) is 21.4. The lowest BCUT2D eigenvalue weighted by Crippen LogP contribution is -2.35. The average molecular weight is 434 g/mol. The summed E-state index contributed by atoms with van der Waals surface area (Å²) in [6.07, 6.45) is 1.72. The summed E-state index contributed by atoms with van der Waals surface area (Å²) in [5.74, 6) is 0. The predicted octanol–water partition coefficient (Wildman–Crippen LogP) is 4.06. The number of carbonyl (C=O) groups excluding carboxylic acids is 1. The van der Waals surface area contributed by atoms with Crippen LogP contribution in [-0.4, -0.2) is 64.0 Å². The molecule has 0 aromatic heterocycles. The summed E-state index contributed by atoms with van der Waals surface area (Å²) >= 11 is 6.29. The van der Waals surface area contributed by atoms with Gasteiger partial charge in [0.05, 0.1) is 19.8 Å². The van der Waals surface area contributed by atoms with Crippen LogP contribution in [-0.2, 0) is 15.9 Å². The van der Waals surface area contributed by atoms with Crippen LogP contribution >= 0.6 is 11.6 Å². The van der Waals surface area contributed by atoms with Crippen LogP contribution in [0.25, 0.3) is 0 Å². The van der Waals surface area contributed by atoms with E-state index in [2.05, 4.69) is 21.6 Å². The summed E-state index contributed by atoms with van der Waals surface area (Å²) in [7, 11) is 1.67. The number of amides is 2. The first-order valence-electron chi connectivity index (χ1n) is 10.3. The van der Waals surface area contributed by atoms with E-state index in [9.17, 15) is 4.79 Å². The topological polar surface area (TPSA) is 62.8 Å². The van der Waals surface area contributed by atoms with E-state index in [1.54, 1.807) is 7.11 Å². The van der Waals surface area contributed by atoms with E-state index >= 15 is 0 Å². The van der Waals surface area contributed by atoms with Crippen LogP contribution in [0.5, 0.6) is 0 Å². The van der Waals surface area contributed by atoms with Crippen LogP contribution in [0.1, 0.15) is 12.0 Å². The van der Waals surface area contributed by atoms with Crippen molar-refractivity contribution < 1.29 is 14.3 Å². The molecule has 0 saturated carbocycles. The molecule has 164 valence electrons. The van der Waals surface area contributed by atoms with Gasteiger partial charge in [-0.05, 0) is 43.1 Å². The molecule has 2 rings (SSSR count). The second-order valence-corrected chi connectivity index (χ2v) is 7.30. The molecule has 0 heterocycles. The van der Waals surface area contributed by atoms with Crippen LogP contribution in [0.15, 0.2) is 54.6 Å². The first-order chi connectivity index (χ1) is 14.7. The van der Waals surface area contributed by atoms with Crippen molar-refractivity contribution in [3.8, 4) is 0 Å². The number of nitrogens with one attached hydrogen (secondary N) is 2. The first kappa shape index (κ1) is 24.2. The van der Waals surface area contributed by atoms with Gasteiger partial charge in [0, 0.05) is 37.5 Å². The lowest BCUT2D eigenvalue weighted by Gasteiger charge is -2.22. The number of rotatable bonds is 14. The molecule has 2 N–H and O–H groups in total. The van der Waals surface area contributed by atoms with Crippen molar-refractivity contribution in [1.82, 2.24) is 10.2 Å². The summed E-state index contributed by atoms with van der Waals surface area (Å²) in [4.78, 5) is 14.3. The molecule has 6 nitrogen and oxygen atoms in total. The minimum Gasteiger partial charge on any atom is -0.382 e. The Labute approximate surface area is 184 Å². The number of hydrogen-bond acceptors (Lipinski definition) is 4. The number of nitrogens with zero attached hydrogens (tertiary/aromatic N) is 1. The molecule has 2 amide bonds. The third kappa shape index (κ3) is 10.1. The van der Waals surface area contributed by atoms with E-state index in [0.29, 0.717) is 26.4 Å². The normalized spacial score (nSPS) is 10.9. The molecule has 0 fully saturated rings. The van der Waals surface area contributed by atoms with Crippen LogP contribution in [0.2, 0.25) is 5.02 Å². The Bertz CT molecular complexity index is 731. The van der Waals surface area contributed by atoms with Gasteiger partial charge in [-0.2, -0.15) is 0 Å². The van der Waals surface area contributed by atoms with E-state index in [1.165, 1.54) is 0 Å². The van der Waals surface area contributed by atoms with Gasteiger partial charge in [0.25, 0.3) is 0 Å². The van der Waals surface area contributed by atoms with E-state index in [4.69, 9.17) is 21.1 Å². The van der Waals surface area contributed by atoms with Gasteiger partial charge in [-0.25, -0.2) is 4.79 Å². The summed E-state index contributed by atoms with van der Waals surface area (Å²) in [5, 5.41) is 6.53. The van der Waals surface area contributed by atoms with Crippen molar-refractivity contribution >= 4 is 23.3 Å². The fourth-order valence-corrected chi connectivity index (χ4v) is 3.18. The Morgan fingerprint density at radius 3 is 2.50 bits per heavy atom. The number of benzene rings is 2. The second-order valence-electron chi connectivity index (χ2n) is 6.89. The zero-order valence-corrected chi connectivity index (χ0v) is 18.4. The number of para-hydroxylation sites is 1. The summed E-state index contributed by atoms with van der Waals surface area (Å²) in [5.41, 5.74) is 1.93. The number of anilines is 1. The number of methoxy groups -OCH3 is 1. The Kier molecular flexibility index (Phi) is 11.9. The minimum atomic E-state index is -0.188. The maximum atomic E-state index is 12.0. The Morgan fingerprint density at radius 2 is 1.73 bits per heavy atom. The Morgan fingerprint density at radius 1 is 0.967 bits per heavy atom. The van der Waals surface area contributed by atoms with Gasteiger partial charge in [-0.15, -0.1) is 0 Å². The second kappa shape index (κ2) is 14.8. The summed E-state index contributed by atoms with van der Waals surface area (Å²) in [6.45, 7) is 5.01. The molecule has 0 bridgehead atoms. The largest absolute Gasteiger partial charge is 0.382 e. The molecule has 0 aliphatic heterocycles. The van der Waals surface area contributed by atoms with Crippen molar-refractivity contribution in [2.45, 2.75) is 12.8 Å². The number of carbonyl (C=O) groups is 1. The minimum absolute atomic E-state index is 0.188. The number of ether oxygens (including phenoxy) is 2. The van der Waals surface area contributed by atoms with Crippen LogP contribution < -0.4 is 10.6 Å². The molecule has 0 saturated heterocycles. The van der Waals surface area contributed by atoms with Crippen molar-refractivity contribution in [2.24, 2.45) is 0 Å². The van der Waals surface area contributed by atoms with E-state index in [0.717, 1.165) is 48.7 Å². The maximum Gasteiger partial charge on any atom is 0.319 e. The third-order valence-corrected chi connectivity index (χ3v) is 4.98. The first-order valence-corrected chi connectivity index (χ1v) is 10.7. The fourth-order valence-electron chi connectivity index (χ4n) is 2.95.